The van der Waals surface area contributed by atoms with Gasteiger partial charge in [-0.05, 0) is 99.0 Å². The van der Waals surface area contributed by atoms with Crippen LogP contribution >= 0.6 is 15.9 Å². The summed E-state index contributed by atoms with van der Waals surface area (Å²) in [6.45, 7) is 14.1. The lowest BCUT2D eigenvalue weighted by atomic mass is 9.77. The maximum absolute atomic E-state index is 15.7. The van der Waals surface area contributed by atoms with Crippen LogP contribution in [0.2, 0.25) is 0 Å². The minimum atomic E-state index is -2.10. The van der Waals surface area contributed by atoms with Crippen LogP contribution in [0.25, 0.3) is 21.9 Å². The lowest BCUT2D eigenvalue weighted by molar-refractivity contribution is -0.0104. The first-order chi connectivity index (χ1) is 49.1. The van der Waals surface area contributed by atoms with E-state index in [1.165, 1.54) is 58.3 Å². The van der Waals surface area contributed by atoms with Crippen LogP contribution in [0.3, 0.4) is 0 Å². The molecule has 0 fully saturated rings. The van der Waals surface area contributed by atoms with Gasteiger partial charge in [0.25, 0.3) is 0 Å². The van der Waals surface area contributed by atoms with E-state index < -0.39 is 34.3 Å². The summed E-state index contributed by atoms with van der Waals surface area (Å²) in [6, 6.07) is 40.7. The Balaban J connectivity index is 0.000000215. The number of hydrogen-bond donors (Lipinski definition) is 1. The fourth-order valence-corrected chi connectivity index (χ4v) is 10.8. The van der Waals surface area contributed by atoms with E-state index >= 15 is 8.78 Å². The van der Waals surface area contributed by atoms with Crippen molar-refractivity contribution in [2.45, 2.75) is 46.5 Å². The number of rotatable bonds is 37. The molecule has 542 valence electrons. The summed E-state index contributed by atoms with van der Waals surface area (Å²) in [4.78, 5) is 17.1. The highest BCUT2D eigenvalue weighted by Crippen LogP contribution is 2.54. The Labute approximate surface area is 593 Å². The highest BCUT2D eigenvalue weighted by molar-refractivity contribution is 9.10. The number of nitrogens with zero attached hydrogens (tertiary/aromatic N) is 2. The average Bonchev–Trinajstić information content (AvgIpc) is 0.721. The molecule has 0 saturated carbocycles. The fraction of sp³-hybridized carbons (Fsp3) is 0.355. The van der Waals surface area contributed by atoms with Crippen LogP contribution in [0, 0.1) is 23.3 Å². The van der Waals surface area contributed by atoms with Crippen LogP contribution in [0.15, 0.2) is 159 Å². The van der Waals surface area contributed by atoms with Gasteiger partial charge in [0.05, 0.1) is 75.0 Å². The van der Waals surface area contributed by atoms with E-state index in [2.05, 4.69) is 63.8 Å². The number of hydrogen-bond acceptors (Lipinski definition) is 20. The summed E-state index contributed by atoms with van der Waals surface area (Å²) >= 11 is 3.52. The highest BCUT2D eigenvalue weighted by atomic mass is 79.9. The number of methoxy groups -OCH3 is 4. The first kappa shape index (κ1) is 78.0. The molecule has 2 heterocycles. The third-order valence-corrected chi connectivity index (χ3v) is 16.2. The molecule has 0 atom stereocenters. The van der Waals surface area contributed by atoms with Crippen molar-refractivity contribution >= 4 is 49.2 Å². The molecule has 25 heteroatoms. The topological polar surface area (TPSA) is 195 Å². The first-order valence-electron chi connectivity index (χ1n) is 32.7. The van der Waals surface area contributed by atoms with E-state index in [4.69, 9.17) is 75.5 Å². The summed E-state index contributed by atoms with van der Waals surface area (Å²) in [5.41, 5.74) is 1.91. The molecule has 1 N–H and O–H groups in total. The number of fused-ring (bicyclic) bond motifs is 4. The number of halogens is 5. The van der Waals surface area contributed by atoms with E-state index in [0.717, 1.165) is 64.5 Å². The van der Waals surface area contributed by atoms with Crippen molar-refractivity contribution in [1.29, 1.82) is 0 Å². The summed E-state index contributed by atoms with van der Waals surface area (Å²) < 4.78 is 148. The summed E-state index contributed by atoms with van der Waals surface area (Å²) in [5, 5.41) is 12.7. The quantitative estimate of drug-likeness (QED) is 0.0167. The summed E-state index contributed by atoms with van der Waals surface area (Å²) in [5.74, 6) is -2.17. The minimum Gasteiger partial charge on any atom is -0.487 e. The van der Waals surface area contributed by atoms with E-state index in [1.807, 2.05) is 74.5 Å². The van der Waals surface area contributed by atoms with Gasteiger partial charge in [0.1, 0.15) is 53.0 Å². The molecule has 0 amide bonds. The number of anilines is 2. The molecule has 10 rings (SSSR count). The molecule has 0 saturated heterocycles. The van der Waals surface area contributed by atoms with Crippen LogP contribution < -0.4 is 48.4 Å². The van der Waals surface area contributed by atoms with Crippen LogP contribution in [-0.2, 0) is 56.7 Å². The van der Waals surface area contributed by atoms with Gasteiger partial charge in [-0.15, -0.1) is 0 Å². The van der Waals surface area contributed by atoms with Crippen molar-refractivity contribution in [1.82, 2.24) is 0 Å². The second kappa shape index (κ2) is 40.1. The van der Waals surface area contributed by atoms with Crippen molar-refractivity contribution in [2.75, 3.05) is 144 Å². The molecule has 1 aliphatic rings. The van der Waals surface area contributed by atoms with Gasteiger partial charge in [-0.25, -0.2) is 17.6 Å². The standard InChI is InChI=1S/C38H43F2NO9.C21H22F2O8.C17H20BrNO/c1-5-41(6-2)32-13-12-27(18-37(32)47-23-26-10-8-7-9-11-26)38(42)28-19-30(39)35(48-24-45-16-14-43-3)21-33(28)50-34-22-36(31(40)20-29(34)38)49-25-46-17-15-44-4;1-25-3-5-27-11-29-19-9-17-13(7-15(19)22)21(24)14-8-16(23)20(10-18(14)31-17)30-12-28-6-4-26-2;1-3-19(4-2)16-11-10-15(18)12-17(16)20-13-14-8-6-5-7-9-14/h7-13,18-22,42H,5-6,14-17,23-25H2,1-4H3;7-10H,3-6,11-12H2,1-2H3;5-12H,3-4,13H2,1-2H3. The van der Waals surface area contributed by atoms with Crippen molar-refractivity contribution in [3.05, 3.63) is 211 Å². The van der Waals surface area contributed by atoms with Crippen molar-refractivity contribution in [3.8, 4) is 46.0 Å². The lowest BCUT2D eigenvalue weighted by Gasteiger charge is -2.37. The van der Waals surface area contributed by atoms with E-state index in [1.54, 1.807) is 12.1 Å². The number of ether oxygens (including phenoxy) is 15. The minimum absolute atomic E-state index is 0.0377. The van der Waals surface area contributed by atoms with Crippen molar-refractivity contribution in [3.63, 3.8) is 0 Å². The molecular weight excluding hydrogens is 1380 g/mol. The van der Waals surface area contributed by atoms with Gasteiger partial charge in [-0.3, -0.25) is 4.79 Å². The molecule has 9 aromatic rings. The molecule has 1 aromatic heterocycles. The zero-order valence-electron chi connectivity index (χ0n) is 57.8. The zero-order valence-corrected chi connectivity index (χ0v) is 59.3. The molecule has 0 aliphatic carbocycles. The van der Waals surface area contributed by atoms with E-state index in [-0.39, 0.29) is 128 Å². The molecular formula is C76H85BrF4N2O18. The Bertz CT molecular complexity index is 3960. The van der Waals surface area contributed by atoms with Crippen LogP contribution in [0.1, 0.15) is 55.5 Å². The largest absolute Gasteiger partial charge is 0.487 e. The second-order valence-electron chi connectivity index (χ2n) is 22.2. The average molecular weight is 1470 g/mol. The first-order valence-corrected chi connectivity index (χ1v) is 33.4. The van der Waals surface area contributed by atoms with Crippen LogP contribution in [0.5, 0.6) is 46.0 Å². The Kier molecular flexibility index (Phi) is 30.9. The van der Waals surface area contributed by atoms with Crippen molar-refractivity contribution < 1.29 is 98.1 Å². The number of benzene rings is 8. The number of aliphatic hydroxyl groups is 1. The van der Waals surface area contributed by atoms with Gasteiger partial charge in [0.15, 0.2) is 73.4 Å². The Morgan fingerprint density at radius 2 is 0.792 bits per heavy atom. The van der Waals surface area contributed by atoms with Crippen molar-refractivity contribution in [2.24, 2.45) is 0 Å². The Hall–Kier alpha value is -8.73. The van der Waals surface area contributed by atoms with Gasteiger partial charge in [-0.1, -0.05) is 82.7 Å². The van der Waals surface area contributed by atoms with Gasteiger partial charge in [-0.2, -0.15) is 0 Å². The monoisotopic (exact) mass is 1470 g/mol. The SMILES string of the molecule is CCN(CC)c1ccc(Br)cc1OCc1ccccc1.CCN(CC)c1ccc(C2(O)c3cc(F)c(OCOCCOC)cc3Oc3cc(OCOCCOC)c(F)cc32)cc1OCc1ccccc1.COCCOCOc1cc2oc3cc(OCOCCOC)c(F)cc3c(=O)c2cc1F. The smallest absolute Gasteiger partial charge is 0.200 e. The third-order valence-electron chi connectivity index (χ3n) is 15.7. The summed E-state index contributed by atoms with van der Waals surface area (Å²) in [6.07, 6.45) is 0. The molecule has 0 bridgehead atoms. The molecule has 8 aromatic carbocycles. The molecule has 0 unspecified atom stereocenters. The summed E-state index contributed by atoms with van der Waals surface area (Å²) in [7, 11) is 6.12. The predicted octanol–water partition coefficient (Wildman–Crippen LogP) is 14.9. The van der Waals surface area contributed by atoms with Crippen LogP contribution in [-0.4, -0.2) is 140 Å². The van der Waals surface area contributed by atoms with E-state index in [0.29, 0.717) is 57.4 Å². The van der Waals surface area contributed by atoms with Gasteiger partial charge in [0.2, 0.25) is 5.43 Å². The molecule has 0 spiro atoms. The molecule has 20 nitrogen and oxygen atoms in total. The lowest BCUT2D eigenvalue weighted by Crippen LogP contribution is -2.33. The predicted molar refractivity (Wildman–Crippen MR) is 377 cm³/mol. The van der Waals surface area contributed by atoms with Gasteiger partial charge >= 0.3 is 0 Å². The van der Waals surface area contributed by atoms with Crippen LogP contribution in [0.4, 0.5) is 28.9 Å². The highest BCUT2D eigenvalue weighted by Gasteiger charge is 2.45. The normalized spacial score (nSPS) is 11.9. The molecule has 101 heavy (non-hydrogen) atoms. The molecule has 0 radical (unpaired) electrons. The van der Waals surface area contributed by atoms with Gasteiger partial charge < -0.3 is 90.4 Å². The second-order valence-corrected chi connectivity index (χ2v) is 23.1. The Morgan fingerprint density at radius 1 is 0.426 bits per heavy atom. The third kappa shape index (κ3) is 21.2. The fourth-order valence-electron chi connectivity index (χ4n) is 10.5. The molecule has 1 aliphatic heterocycles. The maximum Gasteiger partial charge on any atom is 0.200 e. The van der Waals surface area contributed by atoms with E-state index in [9.17, 15) is 18.7 Å². The van der Waals surface area contributed by atoms with Gasteiger partial charge in [0, 0.05) is 94.5 Å². The Morgan fingerprint density at radius 3 is 1.18 bits per heavy atom. The zero-order chi connectivity index (χ0) is 72.1. The maximum atomic E-state index is 15.7.